The highest BCUT2D eigenvalue weighted by Gasteiger charge is 2.34. The molecular weight excluding hydrogens is 366 g/mol. The monoisotopic (exact) mass is 395 g/mol. The van der Waals surface area contributed by atoms with Crippen molar-refractivity contribution >= 4 is 28.4 Å². The fraction of sp³-hybridized carbons (Fsp3) is 0.500. The number of pyridine rings is 1. The van der Waals surface area contributed by atoms with Gasteiger partial charge in [0.05, 0.1) is 18.8 Å². The number of hydrogen-bond donors (Lipinski definition) is 3. The molecule has 1 saturated heterocycles. The Labute approximate surface area is 171 Å². The Hall–Kier alpha value is -2.67. The van der Waals surface area contributed by atoms with Gasteiger partial charge in [0.25, 0.3) is 0 Å². The first-order chi connectivity index (χ1) is 14.1. The molecule has 2 aromatic rings. The molecule has 0 unspecified atom stereocenters. The van der Waals surface area contributed by atoms with Crippen molar-refractivity contribution in [2.75, 3.05) is 18.8 Å². The second-order valence-corrected chi connectivity index (χ2v) is 8.05. The van der Waals surface area contributed by atoms with E-state index in [1.165, 1.54) is 12.8 Å². The molecule has 7 nitrogen and oxygen atoms in total. The zero-order chi connectivity index (χ0) is 20.2. The van der Waals surface area contributed by atoms with Gasteiger partial charge in [-0.15, -0.1) is 0 Å². The summed E-state index contributed by atoms with van der Waals surface area (Å²) in [6.07, 6.45) is 6.29. The molecule has 1 aromatic heterocycles. The van der Waals surface area contributed by atoms with Crippen LogP contribution in [0.5, 0.6) is 0 Å². The molecule has 2 aliphatic rings. The van der Waals surface area contributed by atoms with Gasteiger partial charge in [0.1, 0.15) is 11.9 Å². The van der Waals surface area contributed by atoms with Crippen LogP contribution in [-0.2, 0) is 16.1 Å². The van der Waals surface area contributed by atoms with E-state index in [1.54, 1.807) is 4.90 Å². The minimum absolute atomic E-state index is 0.0163. The van der Waals surface area contributed by atoms with Crippen molar-refractivity contribution in [2.45, 2.75) is 57.2 Å². The second-order valence-electron chi connectivity index (χ2n) is 8.05. The van der Waals surface area contributed by atoms with E-state index < -0.39 is 6.04 Å². The molecular formula is C22H29N5O2. The Morgan fingerprint density at radius 3 is 2.76 bits per heavy atom. The van der Waals surface area contributed by atoms with Crippen LogP contribution < -0.4 is 16.4 Å². The summed E-state index contributed by atoms with van der Waals surface area (Å²) in [6.45, 7) is 1.26. The molecule has 2 fully saturated rings. The average molecular weight is 396 g/mol. The Morgan fingerprint density at radius 2 is 1.93 bits per heavy atom. The third kappa shape index (κ3) is 4.50. The first-order valence-electron chi connectivity index (χ1n) is 10.6. The van der Waals surface area contributed by atoms with Crippen LogP contribution in [-0.4, -0.2) is 46.9 Å². The lowest BCUT2D eigenvalue weighted by molar-refractivity contribution is -0.137. The maximum Gasteiger partial charge on any atom is 0.243 e. The average Bonchev–Trinajstić information content (AvgIpc) is 3.42. The Morgan fingerprint density at radius 1 is 1.14 bits per heavy atom. The van der Waals surface area contributed by atoms with Crippen molar-refractivity contribution in [1.29, 1.82) is 0 Å². The van der Waals surface area contributed by atoms with E-state index in [-0.39, 0.29) is 11.8 Å². The fourth-order valence-corrected chi connectivity index (χ4v) is 4.47. The Balaban J connectivity index is 1.34. The fourth-order valence-electron chi connectivity index (χ4n) is 4.47. The zero-order valence-electron chi connectivity index (χ0n) is 16.7. The molecule has 29 heavy (non-hydrogen) atoms. The van der Waals surface area contributed by atoms with Crippen molar-refractivity contribution in [3.8, 4) is 0 Å². The number of benzene rings is 1. The van der Waals surface area contributed by atoms with Crippen LogP contribution in [0.1, 0.15) is 44.2 Å². The third-order valence-electron chi connectivity index (χ3n) is 6.04. The largest absolute Gasteiger partial charge is 0.383 e. The van der Waals surface area contributed by atoms with Gasteiger partial charge in [0.15, 0.2) is 0 Å². The maximum absolute atomic E-state index is 12.8. The van der Waals surface area contributed by atoms with E-state index in [0.717, 1.165) is 30.0 Å². The van der Waals surface area contributed by atoms with Gasteiger partial charge in [0, 0.05) is 18.0 Å². The smallest absolute Gasteiger partial charge is 0.243 e. The quantitative estimate of drug-likeness (QED) is 0.694. The van der Waals surface area contributed by atoms with E-state index >= 15 is 0 Å². The standard InChI is InChI=1S/C22H29N5O2/c23-21-18-9-4-1-6-15(18)12-17(26-21)13-25-22(29)19-10-5-11-27(19)20(28)14-24-16-7-2-3-8-16/h1,4,6,9,12,16,19,24H,2-3,5,7-8,10-11,13-14H2,(H2,23,26)(H,25,29)/t19-/m0/s1. The number of carbonyl (C=O) groups is 2. The van der Waals surface area contributed by atoms with Crippen LogP contribution in [0.4, 0.5) is 5.82 Å². The summed E-state index contributed by atoms with van der Waals surface area (Å²) in [5.41, 5.74) is 6.76. The molecule has 1 saturated carbocycles. The summed E-state index contributed by atoms with van der Waals surface area (Å²) >= 11 is 0. The molecule has 1 atom stereocenters. The van der Waals surface area contributed by atoms with Gasteiger partial charge in [-0.3, -0.25) is 9.59 Å². The van der Waals surface area contributed by atoms with Gasteiger partial charge in [-0.25, -0.2) is 4.98 Å². The summed E-state index contributed by atoms with van der Waals surface area (Å²) in [7, 11) is 0. The van der Waals surface area contributed by atoms with Crippen molar-refractivity contribution in [2.24, 2.45) is 0 Å². The molecule has 7 heteroatoms. The second kappa shape index (κ2) is 8.78. The number of carbonyl (C=O) groups excluding carboxylic acids is 2. The number of likely N-dealkylation sites (tertiary alicyclic amines) is 1. The lowest BCUT2D eigenvalue weighted by atomic mass is 10.1. The normalized spacial score (nSPS) is 19.7. The predicted octanol–water partition coefficient (Wildman–Crippen LogP) is 1.96. The topological polar surface area (TPSA) is 100 Å². The number of nitrogen functional groups attached to an aromatic ring is 1. The van der Waals surface area contributed by atoms with Crippen molar-refractivity contribution < 1.29 is 9.59 Å². The molecule has 154 valence electrons. The minimum atomic E-state index is -0.398. The molecule has 4 rings (SSSR count). The molecule has 0 radical (unpaired) electrons. The molecule has 0 bridgehead atoms. The number of nitrogens with two attached hydrogens (primary N) is 1. The molecule has 1 aliphatic carbocycles. The highest BCUT2D eigenvalue weighted by atomic mass is 16.2. The van der Waals surface area contributed by atoms with Gasteiger partial charge in [-0.05, 0) is 37.1 Å². The highest BCUT2D eigenvalue weighted by molar-refractivity contribution is 5.91. The minimum Gasteiger partial charge on any atom is -0.383 e. The molecule has 2 amide bonds. The van der Waals surface area contributed by atoms with Crippen LogP contribution >= 0.6 is 0 Å². The van der Waals surface area contributed by atoms with Crippen molar-refractivity contribution in [3.05, 3.63) is 36.0 Å². The lowest BCUT2D eigenvalue weighted by Crippen LogP contribution is -2.49. The Bertz CT molecular complexity index is 894. The van der Waals surface area contributed by atoms with E-state index in [9.17, 15) is 9.59 Å². The van der Waals surface area contributed by atoms with E-state index in [1.807, 2.05) is 30.3 Å². The number of fused-ring (bicyclic) bond motifs is 1. The molecule has 1 aliphatic heterocycles. The van der Waals surface area contributed by atoms with Gasteiger partial charge >= 0.3 is 0 Å². The van der Waals surface area contributed by atoms with Gasteiger partial charge in [-0.1, -0.05) is 37.1 Å². The van der Waals surface area contributed by atoms with Gasteiger partial charge in [0.2, 0.25) is 11.8 Å². The van der Waals surface area contributed by atoms with Gasteiger partial charge in [-0.2, -0.15) is 0 Å². The maximum atomic E-state index is 12.8. The SMILES string of the molecule is Nc1nc(CNC(=O)[C@@H]2CCCN2C(=O)CNC2CCCC2)cc2ccccc12. The van der Waals surface area contributed by atoms with Crippen LogP contribution in [0.15, 0.2) is 30.3 Å². The molecule has 4 N–H and O–H groups in total. The summed E-state index contributed by atoms with van der Waals surface area (Å²) < 4.78 is 0. The van der Waals surface area contributed by atoms with E-state index in [2.05, 4.69) is 15.6 Å². The first kappa shape index (κ1) is 19.6. The number of hydrogen-bond acceptors (Lipinski definition) is 5. The van der Waals surface area contributed by atoms with E-state index in [0.29, 0.717) is 43.6 Å². The van der Waals surface area contributed by atoms with Crippen LogP contribution in [0, 0.1) is 0 Å². The molecule has 0 spiro atoms. The van der Waals surface area contributed by atoms with Crippen LogP contribution in [0.2, 0.25) is 0 Å². The zero-order valence-corrected chi connectivity index (χ0v) is 16.7. The molecule has 2 heterocycles. The van der Waals surface area contributed by atoms with Crippen molar-refractivity contribution in [1.82, 2.24) is 20.5 Å². The van der Waals surface area contributed by atoms with Crippen molar-refractivity contribution in [3.63, 3.8) is 0 Å². The number of nitrogens with one attached hydrogen (secondary N) is 2. The van der Waals surface area contributed by atoms with Crippen LogP contribution in [0.25, 0.3) is 10.8 Å². The summed E-state index contributed by atoms with van der Waals surface area (Å²) in [5.74, 6) is 0.357. The summed E-state index contributed by atoms with van der Waals surface area (Å²) in [6, 6.07) is 9.77. The number of aromatic nitrogens is 1. The molecule has 1 aromatic carbocycles. The summed E-state index contributed by atoms with van der Waals surface area (Å²) in [5, 5.41) is 8.20. The third-order valence-corrected chi connectivity index (χ3v) is 6.04. The van der Waals surface area contributed by atoms with E-state index in [4.69, 9.17) is 5.73 Å². The number of nitrogens with zero attached hydrogens (tertiary/aromatic N) is 2. The lowest BCUT2D eigenvalue weighted by Gasteiger charge is -2.25. The Kier molecular flexibility index (Phi) is 5.94. The number of anilines is 1. The van der Waals surface area contributed by atoms with Gasteiger partial charge < -0.3 is 21.3 Å². The number of amides is 2. The first-order valence-corrected chi connectivity index (χ1v) is 10.6. The predicted molar refractivity (Wildman–Crippen MR) is 113 cm³/mol. The highest BCUT2D eigenvalue weighted by Crippen LogP contribution is 2.21. The van der Waals surface area contributed by atoms with Crippen LogP contribution in [0.3, 0.4) is 0 Å². The summed E-state index contributed by atoms with van der Waals surface area (Å²) in [4.78, 5) is 31.5. The number of rotatable bonds is 6.